The number of nitrogens with zero attached hydrogens (tertiary/aromatic N) is 1. The van der Waals surface area contributed by atoms with Gasteiger partial charge in [0.05, 0.1) is 0 Å². The lowest BCUT2D eigenvalue weighted by Gasteiger charge is -2.36. The summed E-state index contributed by atoms with van der Waals surface area (Å²) in [4.78, 5) is 24.8. The average molecular weight is 247 g/mol. The first-order valence-electron chi connectivity index (χ1n) is 6.13. The number of piperidine rings is 1. The van der Waals surface area contributed by atoms with Gasteiger partial charge in [0.1, 0.15) is 11.7 Å². The monoisotopic (exact) mass is 247 g/mol. The molecule has 1 aromatic rings. The van der Waals surface area contributed by atoms with Gasteiger partial charge in [-0.15, -0.1) is 0 Å². The standard InChI is InChI=1S/C14H17NO3/c1-10-13(14(17)18)12(16)7-8-15(10)9-11-5-3-2-4-6-11/h2-6,10,13H,7-9H2,1H3,(H,17,18). The van der Waals surface area contributed by atoms with Crippen molar-refractivity contribution in [2.45, 2.75) is 25.9 Å². The van der Waals surface area contributed by atoms with Gasteiger partial charge in [-0.1, -0.05) is 30.3 Å². The number of carboxylic acid groups (broad SMARTS) is 1. The molecule has 0 amide bonds. The third kappa shape index (κ3) is 2.59. The quantitative estimate of drug-likeness (QED) is 0.823. The summed E-state index contributed by atoms with van der Waals surface area (Å²) < 4.78 is 0. The number of carboxylic acids is 1. The van der Waals surface area contributed by atoms with Crippen LogP contribution in [0.2, 0.25) is 0 Å². The molecule has 1 fully saturated rings. The van der Waals surface area contributed by atoms with E-state index in [-0.39, 0.29) is 11.8 Å². The number of hydrogen-bond acceptors (Lipinski definition) is 3. The molecule has 1 aromatic carbocycles. The van der Waals surface area contributed by atoms with Crippen LogP contribution in [0.25, 0.3) is 0 Å². The van der Waals surface area contributed by atoms with Crippen LogP contribution in [0.1, 0.15) is 18.9 Å². The fraction of sp³-hybridized carbons (Fsp3) is 0.429. The maximum Gasteiger partial charge on any atom is 0.315 e. The topological polar surface area (TPSA) is 57.6 Å². The molecule has 1 saturated heterocycles. The second kappa shape index (κ2) is 5.31. The molecule has 0 saturated carbocycles. The largest absolute Gasteiger partial charge is 0.481 e. The zero-order valence-corrected chi connectivity index (χ0v) is 10.4. The van der Waals surface area contributed by atoms with E-state index in [1.54, 1.807) is 0 Å². The van der Waals surface area contributed by atoms with Gasteiger partial charge in [0, 0.05) is 25.6 Å². The van der Waals surface area contributed by atoms with Crippen LogP contribution in [0.3, 0.4) is 0 Å². The van der Waals surface area contributed by atoms with Crippen molar-refractivity contribution in [1.29, 1.82) is 0 Å². The van der Waals surface area contributed by atoms with E-state index in [9.17, 15) is 9.59 Å². The van der Waals surface area contributed by atoms with Crippen molar-refractivity contribution in [3.8, 4) is 0 Å². The zero-order valence-electron chi connectivity index (χ0n) is 10.4. The number of likely N-dealkylation sites (tertiary alicyclic amines) is 1. The van der Waals surface area contributed by atoms with E-state index in [1.165, 1.54) is 0 Å². The van der Waals surface area contributed by atoms with Gasteiger partial charge < -0.3 is 5.11 Å². The van der Waals surface area contributed by atoms with Crippen molar-refractivity contribution in [1.82, 2.24) is 4.90 Å². The van der Waals surface area contributed by atoms with Crippen molar-refractivity contribution in [3.63, 3.8) is 0 Å². The molecule has 4 heteroatoms. The van der Waals surface area contributed by atoms with Crippen molar-refractivity contribution >= 4 is 11.8 Å². The van der Waals surface area contributed by atoms with Crippen molar-refractivity contribution in [2.75, 3.05) is 6.54 Å². The summed E-state index contributed by atoms with van der Waals surface area (Å²) >= 11 is 0. The van der Waals surface area contributed by atoms with Crippen LogP contribution >= 0.6 is 0 Å². The Balaban J connectivity index is 2.10. The van der Waals surface area contributed by atoms with Gasteiger partial charge in [-0.25, -0.2) is 0 Å². The smallest absolute Gasteiger partial charge is 0.315 e. The number of rotatable bonds is 3. The molecule has 1 heterocycles. The second-order valence-corrected chi connectivity index (χ2v) is 4.73. The molecule has 1 aliphatic heterocycles. The Morgan fingerprint density at radius 1 is 1.39 bits per heavy atom. The predicted molar refractivity (Wildman–Crippen MR) is 67.1 cm³/mol. The van der Waals surface area contributed by atoms with Crippen LogP contribution < -0.4 is 0 Å². The number of ketones is 1. The Morgan fingerprint density at radius 2 is 2.06 bits per heavy atom. The Labute approximate surface area is 106 Å². The van der Waals surface area contributed by atoms with Gasteiger partial charge in [0.15, 0.2) is 0 Å². The number of Topliss-reactive ketones (excluding diaryl/α,β-unsaturated/α-hetero) is 1. The second-order valence-electron chi connectivity index (χ2n) is 4.73. The maximum atomic E-state index is 11.6. The molecule has 1 aliphatic rings. The highest BCUT2D eigenvalue weighted by atomic mass is 16.4. The number of carbonyl (C=O) groups excluding carboxylic acids is 1. The normalized spacial score (nSPS) is 25.1. The molecular formula is C14H17NO3. The highest BCUT2D eigenvalue weighted by Gasteiger charge is 2.38. The fourth-order valence-corrected chi connectivity index (χ4v) is 2.48. The molecule has 1 N–H and O–H groups in total. The van der Waals surface area contributed by atoms with Crippen LogP contribution in [0.15, 0.2) is 30.3 Å². The Hall–Kier alpha value is -1.68. The van der Waals surface area contributed by atoms with Gasteiger partial charge in [0.2, 0.25) is 0 Å². The van der Waals surface area contributed by atoms with Crippen molar-refractivity contribution in [2.24, 2.45) is 5.92 Å². The van der Waals surface area contributed by atoms with Crippen molar-refractivity contribution < 1.29 is 14.7 Å². The number of hydrogen-bond donors (Lipinski definition) is 1. The summed E-state index contributed by atoms with van der Waals surface area (Å²) in [7, 11) is 0. The minimum atomic E-state index is -1.01. The van der Waals surface area contributed by atoms with E-state index < -0.39 is 11.9 Å². The Kier molecular flexibility index (Phi) is 3.77. The molecule has 2 rings (SSSR count). The van der Waals surface area contributed by atoms with E-state index in [2.05, 4.69) is 4.90 Å². The molecule has 0 aromatic heterocycles. The van der Waals surface area contributed by atoms with Crippen LogP contribution in [0.5, 0.6) is 0 Å². The minimum Gasteiger partial charge on any atom is -0.481 e. The molecular weight excluding hydrogens is 230 g/mol. The zero-order chi connectivity index (χ0) is 13.1. The minimum absolute atomic E-state index is 0.153. The highest BCUT2D eigenvalue weighted by Crippen LogP contribution is 2.22. The lowest BCUT2D eigenvalue weighted by molar-refractivity contribution is -0.151. The Morgan fingerprint density at radius 3 is 2.67 bits per heavy atom. The van der Waals surface area contributed by atoms with E-state index in [0.717, 1.165) is 5.56 Å². The number of aliphatic carboxylic acids is 1. The highest BCUT2D eigenvalue weighted by molar-refractivity contribution is 5.99. The summed E-state index contributed by atoms with van der Waals surface area (Å²) in [6.45, 7) is 3.15. The van der Waals surface area contributed by atoms with E-state index in [1.807, 2.05) is 37.3 Å². The van der Waals surface area contributed by atoms with Crippen LogP contribution in [0.4, 0.5) is 0 Å². The predicted octanol–water partition coefficient (Wildman–Crippen LogP) is 1.55. The van der Waals surface area contributed by atoms with E-state index >= 15 is 0 Å². The molecule has 4 nitrogen and oxygen atoms in total. The lowest BCUT2D eigenvalue weighted by Crippen LogP contribution is -2.50. The molecule has 0 bridgehead atoms. The van der Waals surface area contributed by atoms with Crippen LogP contribution in [-0.4, -0.2) is 34.3 Å². The van der Waals surface area contributed by atoms with Crippen LogP contribution in [0, 0.1) is 5.92 Å². The lowest BCUT2D eigenvalue weighted by atomic mass is 9.88. The third-order valence-corrected chi connectivity index (χ3v) is 3.55. The molecule has 2 unspecified atom stereocenters. The van der Waals surface area contributed by atoms with E-state index in [0.29, 0.717) is 19.5 Å². The first-order chi connectivity index (χ1) is 8.59. The van der Waals surface area contributed by atoms with Gasteiger partial charge in [-0.3, -0.25) is 14.5 Å². The fourth-order valence-electron chi connectivity index (χ4n) is 2.48. The summed E-state index contributed by atoms with van der Waals surface area (Å²) in [5.41, 5.74) is 1.14. The first kappa shape index (κ1) is 12.8. The summed E-state index contributed by atoms with van der Waals surface area (Å²) in [6, 6.07) is 9.65. The molecule has 18 heavy (non-hydrogen) atoms. The summed E-state index contributed by atoms with van der Waals surface area (Å²) in [5, 5.41) is 9.12. The summed E-state index contributed by atoms with van der Waals surface area (Å²) in [5.74, 6) is -2.05. The van der Waals surface area contributed by atoms with Gasteiger partial charge in [-0.2, -0.15) is 0 Å². The number of carbonyl (C=O) groups is 2. The molecule has 96 valence electrons. The number of benzene rings is 1. The van der Waals surface area contributed by atoms with Gasteiger partial charge in [-0.05, 0) is 12.5 Å². The van der Waals surface area contributed by atoms with Gasteiger partial charge >= 0.3 is 5.97 Å². The van der Waals surface area contributed by atoms with Crippen LogP contribution in [-0.2, 0) is 16.1 Å². The van der Waals surface area contributed by atoms with Crippen molar-refractivity contribution in [3.05, 3.63) is 35.9 Å². The Bertz CT molecular complexity index is 444. The summed E-state index contributed by atoms with van der Waals surface area (Å²) in [6.07, 6.45) is 0.328. The maximum absolute atomic E-state index is 11.6. The molecule has 2 atom stereocenters. The van der Waals surface area contributed by atoms with E-state index in [4.69, 9.17) is 5.11 Å². The van der Waals surface area contributed by atoms with Gasteiger partial charge in [0.25, 0.3) is 0 Å². The molecule has 0 spiro atoms. The average Bonchev–Trinajstić information content (AvgIpc) is 2.34. The third-order valence-electron chi connectivity index (χ3n) is 3.55. The molecule has 0 radical (unpaired) electrons. The molecule has 0 aliphatic carbocycles. The SMILES string of the molecule is CC1C(C(=O)O)C(=O)CCN1Cc1ccccc1. The first-order valence-corrected chi connectivity index (χ1v) is 6.13.